The van der Waals surface area contributed by atoms with E-state index in [1.165, 1.54) is 5.39 Å². The molecule has 0 aliphatic rings. The van der Waals surface area contributed by atoms with E-state index < -0.39 is 0 Å². The first-order valence-corrected chi connectivity index (χ1v) is 7.36. The Morgan fingerprint density at radius 1 is 1.00 bits per heavy atom. The summed E-state index contributed by atoms with van der Waals surface area (Å²) in [6.07, 6.45) is 2.19. The summed E-state index contributed by atoms with van der Waals surface area (Å²) in [5.74, 6) is 0. The fourth-order valence-electron chi connectivity index (χ4n) is 2.62. The van der Waals surface area contributed by atoms with Crippen LogP contribution in [0.4, 0.5) is 6.01 Å². The van der Waals surface area contributed by atoms with Gasteiger partial charge in [0.1, 0.15) is 5.52 Å². The third-order valence-corrected chi connectivity index (χ3v) is 3.53. The quantitative estimate of drug-likeness (QED) is 0.676. The van der Waals surface area contributed by atoms with Gasteiger partial charge in [0.05, 0.1) is 0 Å². The first-order valence-electron chi connectivity index (χ1n) is 7.36. The largest absolute Gasteiger partial charge is 0.423 e. The van der Waals surface area contributed by atoms with Gasteiger partial charge in [-0.2, -0.15) is 4.98 Å². The first-order chi connectivity index (χ1) is 9.83. The summed E-state index contributed by atoms with van der Waals surface area (Å²) < 4.78 is 6.06. The van der Waals surface area contributed by atoms with Gasteiger partial charge in [-0.3, -0.25) is 0 Å². The van der Waals surface area contributed by atoms with Crippen LogP contribution in [0.15, 0.2) is 40.8 Å². The molecule has 0 aliphatic heterocycles. The van der Waals surface area contributed by atoms with Crippen LogP contribution in [0.1, 0.15) is 26.7 Å². The molecule has 0 saturated carbocycles. The van der Waals surface area contributed by atoms with Crippen LogP contribution in [0.25, 0.3) is 21.9 Å². The number of aromatic nitrogens is 1. The predicted octanol–water partition coefficient (Wildman–Crippen LogP) is 4.61. The number of oxazole rings is 1. The molecule has 0 amide bonds. The maximum atomic E-state index is 6.06. The predicted molar refractivity (Wildman–Crippen MR) is 84.3 cm³/mol. The number of benzene rings is 2. The van der Waals surface area contributed by atoms with E-state index in [0.717, 1.165) is 48.4 Å². The Labute approximate surface area is 119 Å². The Morgan fingerprint density at radius 2 is 1.75 bits per heavy atom. The van der Waals surface area contributed by atoms with Crippen LogP contribution in [0.2, 0.25) is 0 Å². The average molecular weight is 268 g/mol. The summed E-state index contributed by atoms with van der Waals surface area (Å²) in [6, 6.07) is 13.2. The van der Waals surface area contributed by atoms with Crippen molar-refractivity contribution in [1.82, 2.24) is 4.98 Å². The van der Waals surface area contributed by atoms with Crippen molar-refractivity contribution in [2.75, 3.05) is 18.0 Å². The number of fused-ring (bicyclic) bond motifs is 3. The van der Waals surface area contributed by atoms with Crippen LogP contribution >= 0.6 is 0 Å². The van der Waals surface area contributed by atoms with Crippen LogP contribution in [0.5, 0.6) is 0 Å². The van der Waals surface area contributed by atoms with E-state index in [9.17, 15) is 0 Å². The van der Waals surface area contributed by atoms with Crippen molar-refractivity contribution in [3.05, 3.63) is 36.4 Å². The van der Waals surface area contributed by atoms with Gasteiger partial charge < -0.3 is 9.32 Å². The third-order valence-electron chi connectivity index (χ3n) is 3.53. The Bertz CT molecular complexity index is 711. The van der Waals surface area contributed by atoms with Crippen LogP contribution in [0, 0.1) is 0 Å². The molecule has 1 heterocycles. The Hall–Kier alpha value is -2.03. The van der Waals surface area contributed by atoms with E-state index in [1.54, 1.807) is 0 Å². The van der Waals surface area contributed by atoms with Crippen LogP contribution in [-0.4, -0.2) is 18.1 Å². The average Bonchev–Trinajstić information content (AvgIpc) is 2.91. The molecule has 0 atom stereocenters. The zero-order valence-electron chi connectivity index (χ0n) is 12.1. The molecule has 3 nitrogen and oxygen atoms in total. The first kappa shape index (κ1) is 13.0. The molecule has 0 radical (unpaired) electrons. The van der Waals surface area contributed by atoms with E-state index in [0.29, 0.717) is 0 Å². The van der Waals surface area contributed by atoms with Crippen molar-refractivity contribution >= 4 is 27.9 Å². The second-order valence-electron chi connectivity index (χ2n) is 5.12. The summed E-state index contributed by atoms with van der Waals surface area (Å²) in [4.78, 5) is 6.89. The van der Waals surface area contributed by atoms with Gasteiger partial charge in [0, 0.05) is 18.5 Å². The highest BCUT2D eigenvalue weighted by Crippen LogP contribution is 2.29. The van der Waals surface area contributed by atoms with Gasteiger partial charge in [0.25, 0.3) is 6.01 Å². The highest BCUT2D eigenvalue weighted by atomic mass is 16.4. The molecule has 20 heavy (non-hydrogen) atoms. The van der Waals surface area contributed by atoms with Gasteiger partial charge in [-0.15, -0.1) is 0 Å². The molecule has 0 unspecified atom stereocenters. The molecule has 0 fully saturated rings. The van der Waals surface area contributed by atoms with Crippen molar-refractivity contribution < 1.29 is 4.42 Å². The van der Waals surface area contributed by atoms with Gasteiger partial charge in [-0.1, -0.05) is 44.2 Å². The smallest absolute Gasteiger partial charge is 0.298 e. The van der Waals surface area contributed by atoms with E-state index in [1.807, 2.05) is 18.2 Å². The summed E-state index contributed by atoms with van der Waals surface area (Å²) in [5, 5.41) is 2.33. The molecule has 3 rings (SSSR count). The molecular formula is C17H20N2O. The highest BCUT2D eigenvalue weighted by molar-refractivity contribution is 6.03. The van der Waals surface area contributed by atoms with Crippen LogP contribution < -0.4 is 4.90 Å². The number of hydrogen-bond donors (Lipinski definition) is 0. The minimum atomic E-state index is 0.750. The van der Waals surface area contributed by atoms with Crippen molar-refractivity contribution in [1.29, 1.82) is 0 Å². The van der Waals surface area contributed by atoms with E-state index in [-0.39, 0.29) is 0 Å². The molecular weight excluding hydrogens is 248 g/mol. The van der Waals surface area contributed by atoms with Gasteiger partial charge in [-0.05, 0) is 24.3 Å². The molecule has 0 saturated heterocycles. The summed E-state index contributed by atoms with van der Waals surface area (Å²) in [5.41, 5.74) is 1.84. The molecule has 0 N–H and O–H groups in total. The monoisotopic (exact) mass is 268 g/mol. The third kappa shape index (κ3) is 2.24. The van der Waals surface area contributed by atoms with Crippen molar-refractivity contribution in [2.45, 2.75) is 26.7 Å². The molecule has 3 heteroatoms. The zero-order chi connectivity index (χ0) is 13.9. The summed E-state index contributed by atoms with van der Waals surface area (Å²) >= 11 is 0. The Balaban J connectivity index is 2.11. The molecule has 0 spiro atoms. The fraction of sp³-hybridized carbons (Fsp3) is 0.353. The van der Waals surface area contributed by atoms with Crippen LogP contribution in [0.3, 0.4) is 0 Å². The molecule has 1 aromatic heterocycles. The minimum absolute atomic E-state index is 0.750. The zero-order valence-corrected chi connectivity index (χ0v) is 12.1. The van der Waals surface area contributed by atoms with Crippen molar-refractivity contribution in [2.24, 2.45) is 0 Å². The van der Waals surface area contributed by atoms with E-state index in [4.69, 9.17) is 4.42 Å². The molecule has 0 bridgehead atoms. The number of hydrogen-bond acceptors (Lipinski definition) is 3. The Kier molecular flexibility index (Phi) is 3.59. The second kappa shape index (κ2) is 5.53. The lowest BCUT2D eigenvalue weighted by atomic mass is 10.1. The summed E-state index contributed by atoms with van der Waals surface area (Å²) in [6.45, 7) is 6.33. The van der Waals surface area contributed by atoms with Crippen molar-refractivity contribution in [3.8, 4) is 0 Å². The fourth-order valence-corrected chi connectivity index (χ4v) is 2.62. The highest BCUT2D eigenvalue weighted by Gasteiger charge is 2.14. The van der Waals surface area contributed by atoms with E-state index >= 15 is 0 Å². The normalized spacial score (nSPS) is 11.3. The maximum Gasteiger partial charge on any atom is 0.298 e. The molecule has 104 valence electrons. The van der Waals surface area contributed by atoms with E-state index in [2.05, 4.69) is 41.9 Å². The lowest BCUT2D eigenvalue weighted by Crippen LogP contribution is -2.24. The number of nitrogens with zero attached hydrogens (tertiary/aromatic N) is 2. The lowest BCUT2D eigenvalue weighted by Gasteiger charge is -2.18. The number of rotatable bonds is 5. The SMILES string of the molecule is CCCN(CCC)c1nc2ccc3ccccc3c2o1. The topological polar surface area (TPSA) is 29.3 Å². The standard InChI is InChI=1S/C17H20N2O/c1-3-11-19(12-4-2)17-18-15-10-9-13-7-5-6-8-14(13)16(15)20-17/h5-10H,3-4,11-12H2,1-2H3. The minimum Gasteiger partial charge on any atom is -0.423 e. The van der Waals surface area contributed by atoms with Gasteiger partial charge >= 0.3 is 0 Å². The second-order valence-corrected chi connectivity index (χ2v) is 5.12. The summed E-state index contributed by atoms with van der Waals surface area (Å²) in [7, 11) is 0. The Morgan fingerprint density at radius 3 is 2.50 bits per heavy atom. The lowest BCUT2D eigenvalue weighted by molar-refractivity contribution is 0.562. The number of anilines is 1. The molecule has 3 aromatic rings. The van der Waals surface area contributed by atoms with Gasteiger partial charge in [-0.25, -0.2) is 0 Å². The van der Waals surface area contributed by atoms with Crippen LogP contribution in [-0.2, 0) is 0 Å². The molecule has 0 aliphatic carbocycles. The molecule has 2 aromatic carbocycles. The van der Waals surface area contributed by atoms with Gasteiger partial charge in [0.2, 0.25) is 0 Å². The van der Waals surface area contributed by atoms with Gasteiger partial charge in [0.15, 0.2) is 5.58 Å². The maximum absolute atomic E-state index is 6.06. The van der Waals surface area contributed by atoms with Crippen molar-refractivity contribution in [3.63, 3.8) is 0 Å².